The van der Waals surface area contributed by atoms with Gasteiger partial charge in [-0.2, -0.15) is 15.8 Å². The molecule has 0 saturated carbocycles. The maximum absolute atomic E-state index is 12.8. The zero-order valence-electron chi connectivity index (χ0n) is 29.3. The lowest BCUT2D eigenvalue weighted by Crippen LogP contribution is -2.58. The number of rotatable bonds is 36. The number of nitrogens with one attached hydrogen (secondary N) is 2. The molecular weight excluding hydrogens is 650 g/mol. The van der Waals surface area contributed by atoms with Crippen molar-refractivity contribution >= 4 is 5.91 Å². The second-order valence-electron chi connectivity index (χ2n) is 10.8. The molecule has 0 fully saturated rings. The SMILES string of the molecule is N#CCCOCC(COCCC#N)(COCCC#N)NC(=O)CCOCCOCCOCCOCCOCCOCCNCc1ccccc1. The Kier molecular flexibility index (Phi) is 30.6. The molecule has 0 aliphatic rings. The Morgan fingerprint density at radius 1 is 0.540 bits per heavy atom. The van der Waals surface area contributed by atoms with Gasteiger partial charge in [0.05, 0.1) is 156 Å². The highest BCUT2D eigenvalue weighted by atomic mass is 16.6. The van der Waals surface area contributed by atoms with E-state index in [1.54, 1.807) is 0 Å². The molecule has 280 valence electrons. The van der Waals surface area contributed by atoms with Crippen LogP contribution in [0.2, 0.25) is 0 Å². The molecule has 1 amide bonds. The fraction of sp³-hybridized carbons (Fsp3) is 0.714. The van der Waals surface area contributed by atoms with Crippen LogP contribution in [0.3, 0.4) is 0 Å². The van der Waals surface area contributed by atoms with E-state index in [0.29, 0.717) is 72.7 Å². The Hall–Kier alpha value is -3.24. The molecule has 15 nitrogen and oxygen atoms in total. The summed E-state index contributed by atoms with van der Waals surface area (Å²) >= 11 is 0. The zero-order valence-corrected chi connectivity index (χ0v) is 29.3. The maximum atomic E-state index is 12.8. The van der Waals surface area contributed by atoms with Gasteiger partial charge >= 0.3 is 0 Å². The monoisotopic (exact) mass is 705 g/mol. The minimum absolute atomic E-state index is 0.0295. The van der Waals surface area contributed by atoms with Gasteiger partial charge in [-0.15, -0.1) is 0 Å². The second kappa shape index (κ2) is 34.2. The van der Waals surface area contributed by atoms with Gasteiger partial charge in [-0.05, 0) is 5.56 Å². The van der Waals surface area contributed by atoms with Gasteiger partial charge in [-0.25, -0.2) is 0 Å². The molecule has 1 rings (SSSR count). The van der Waals surface area contributed by atoms with E-state index >= 15 is 0 Å². The lowest BCUT2D eigenvalue weighted by molar-refractivity contribution is -0.128. The molecule has 0 spiro atoms. The standard InChI is InChI=1S/C35H55N5O10/c36-10-4-14-48-30-35(31-49-15-5-11-37,32-50-16-6-12-38)40-34(41)9-17-42-19-21-44-23-25-46-27-28-47-26-24-45-22-20-43-18-13-39-29-33-7-2-1-3-8-33/h1-3,7-8,39H,4-6,9,13-32H2,(H,40,41). The van der Waals surface area contributed by atoms with E-state index in [1.165, 1.54) is 5.56 Å². The van der Waals surface area contributed by atoms with Crippen molar-refractivity contribution in [1.82, 2.24) is 10.6 Å². The predicted octanol–water partition coefficient (Wildman–Crippen LogP) is 1.91. The summed E-state index contributed by atoms with van der Waals surface area (Å²) in [6.45, 7) is 7.47. The predicted molar refractivity (Wildman–Crippen MR) is 182 cm³/mol. The minimum Gasteiger partial charge on any atom is -0.379 e. The molecule has 50 heavy (non-hydrogen) atoms. The maximum Gasteiger partial charge on any atom is 0.222 e. The molecule has 0 aromatic heterocycles. The molecule has 0 radical (unpaired) electrons. The first kappa shape index (κ1) is 44.8. The highest BCUT2D eigenvalue weighted by Gasteiger charge is 2.33. The Labute approximate surface area is 296 Å². The molecule has 0 atom stereocenters. The summed E-state index contributed by atoms with van der Waals surface area (Å²) in [5, 5.41) is 32.7. The highest BCUT2D eigenvalue weighted by molar-refractivity contribution is 5.77. The number of nitrogens with zero attached hydrogens (tertiary/aromatic N) is 3. The molecule has 0 aliphatic heterocycles. The first-order chi connectivity index (χ1) is 24.7. The summed E-state index contributed by atoms with van der Waals surface area (Å²) in [6.07, 6.45) is 0.640. The van der Waals surface area contributed by atoms with Crippen LogP contribution in [-0.4, -0.2) is 137 Å². The summed E-state index contributed by atoms with van der Waals surface area (Å²) in [7, 11) is 0. The average molecular weight is 706 g/mol. The molecule has 0 bridgehead atoms. The number of amides is 1. The van der Waals surface area contributed by atoms with Crippen LogP contribution in [0.5, 0.6) is 0 Å². The van der Waals surface area contributed by atoms with Crippen LogP contribution in [0.1, 0.15) is 31.2 Å². The minimum atomic E-state index is -1.06. The van der Waals surface area contributed by atoms with Gasteiger partial charge in [-0.3, -0.25) is 4.79 Å². The number of carbonyl (C=O) groups is 1. The van der Waals surface area contributed by atoms with Gasteiger partial charge in [0.1, 0.15) is 5.54 Å². The van der Waals surface area contributed by atoms with Crippen molar-refractivity contribution in [3.63, 3.8) is 0 Å². The van der Waals surface area contributed by atoms with Crippen molar-refractivity contribution in [2.45, 2.75) is 37.8 Å². The highest BCUT2D eigenvalue weighted by Crippen LogP contribution is 2.11. The van der Waals surface area contributed by atoms with E-state index in [4.69, 9.17) is 58.4 Å². The molecule has 0 unspecified atom stereocenters. The molecular formula is C35H55N5O10. The van der Waals surface area contributed by atoms with E-state index in [2.05, 4.69) is 22.8 Å². The molecule has 0 saturated heterocycles. The van der Waals surface area contributed by atoms with Gasteiger partial charge in [0.15, 0.2) is 0 Å². The van der Waals surface area contributed by atoms with Crippen molar-refractivity contribution in [3.8, 4) is 18.2 Å². The molecule has 1 aromatic carbocycles. The summed E-state index contributed by atoms with van der Waals surface area (Å²) in [5.74, 6) is -0.308. The van der Waals surface area contributed by atoms with Crippen LogP contribution in [0.15, 0.2) is 30.3 Å². The van der Waals surface area contributed by atoms with Crippen LogP contribution < -0.4 is 10.6 Å². The summed E-state index contributed by atoms with van der Waals surface area (Å²) in [5.41, 5.74) is 0.191. The number of nitriles is 3. The third kappa shape index (κ3) is 27.6. The Bertz CT molecular complexity index is 1010. The third-order valence-corrected chi connectivity index (χ3v) is 6.54. The Morgan fingerprint density at radius 2 is 0.940 bits per heavy atom. The van der Waals surface area contributed by atoms with Crippen LogP contribution in [0.4, 0.5) is 0 Å². The van der Waals surface area contributed by atoms with Crippen molar-refractivity contribution in [2.75, 3.05) is 125 Å². The number of benzene rings is 1. The number of carbonyl (C=O) groups excluding carboxylic acids is 1. The quantitative estimate of drug-likeness (QED) is 0.0961. The van der Waals surface area contributed by atoms with Crippen LogP contribution >= 0.6 is 0 Å². The summed E-state index contributed by atoms with van der Waals surface area (Å²) in [6, 6.07) is 16.2. The van der Waals surface area contributed by atoms with Crippen molar-refractivity contribution in [1.29, 1.82) is 15.8 Å². The Morgan fingerprint density at radius 3 is 1.36 bits per heavy atom. The molecule has 1 aromatic rings. The normalized spacial score (nSPS) is 11.1. The topological polar surface area (TPSA) is 196 Å². The number of hydrogen-bond donors (Lipinski definition) is 2. The van der Waals surface area contributed by atoms with E-state index < -0.39 is 5.54 Å². The van der Waals surface area contributed by atoms with E-state index in [0.717, 1.165) is 13.1 Å². The summed E-state index contributed by atoms with van der Waals surface area (Å²) in [4.78, 5) is 12.8. The fourth-order valence-corrected chi connectivity index (χ4v) is 4.09. The van der Waals surface area contributed by atoms with Crippen molar-refractivity contribution in [3.05, 3.63) is 35.9 Å². The van der Waals surface area contributed by atoms with Gasteiger partial charge < -0.3 is 53.3 Å². The summed E-state index contributed by atoms with van der Waals surface area (Å²) < 4.78 is 49.9. The molecule has 0 heterocycles. The first-order valence-electron chi connectivity index (χ1n) is 17.0. The lowest BCUT2D eigenvalue weighted by Gasteiger charge is -2.34. The van der Waals surface area contributed by atoms with Crippen molar-refractivity contribution in [2.24, 2.45) is 0 Å². The molecule has 15 heteroatoms. The number of hydrogen-bond acceptors (Lipinski definition) is 14. The van der Waals surface area contributed by atoms with E-state index in [1.807, 2.05) is 36.4 Å². The van der Waals surface area contributed by atoms with Crippen LogP contribution in [0, 0.1) is 34.0 Å². The van der Waals surface area contributed by atoms with Crippen molar-refractivity contribution < 1.29 is 47.4 Å². The van der Waals surface area contributed by atoms with Gasteiger partial charge in [0, 0.05) is 19.5 Å². The van der Waals surface area contributed by atoms with Gasteiger partial charge in [-0.1, -0.05) is 30.3 Å². The molecule has 2 N–H and O–H groups in total. The first-order valence-corrected chi connectivity index (χ1v) is 17.0. The third-order valence-electron chi connectivity index (χ3n) is 6.54. The zero-order chi connectivity index (χ0) is 36.1. The van der Waals surface area contributed by atoms with Crippen LogP contribution in [-0.2, 0) is 54.0 Å². The largest absolute Gasteiger partial charge is 0.379 e. The average Bonchev–Trinajstić information content (AvgIpc) is 3.13. The lowest BCUT2D eigenvalue weighted by atomic mass is 10.0. The van der Waals surface area contributed by atoms with Crippen LogP contribution in [0.25, 0.3) is 0 Å². The Balaban J connectivity index is 2.03. The smallest absolute Gasteiger partial charge is 0.222 e. The fourth-order valence-electron chi connectivity index (χ4n) is 4.09. The van der Waals surface area contributed by atoms with E-state index in [9.17, 15) is 4.79 Å². The van der Waals surface area contributed by atoms with Gasteiger partial charge in [0.25, 0.3) is 0 Å². The molecule has 0 aliphatic carbocycles. The number of ether oxygens (including phenoxy) is 9. The second-order valence-corrected chi connectivity index (χ2v) is 10.8. The van der Waals surface area contributed by atoms with Gasteiger partial charge in [0.2, 0.25) is 5.91 Å². The van der Waals surface area contributed by atoms with E-state index in [-0.39, 0.29) is 77.8 Å².